The van der Waals surface area contributed by atoms with Gasteiger partial charge in [0.25, 0.3) is 0 Å². The van der Waals surface area contributed by atoms with Gasteiger partial charge in [-0.2, -0.15) is 0 Å². The van der Waals surface area contributed by atoms with Crippen LogP contribution in [-0.4, -0.2) is 91.8 Å². The van der Waals surface area contributed by atoms with Gasteiger partial charge in [0.1, 0.15) is 0 Å². The molecule has 0 amide bonds. The average Bonchev–Trinajstić information content (AvgIpc) is 0.811. The van der Waals surface area contributed by atoms with E-state index in [1.54, 1.807) is 0 Å². The fraction of sp³-hybridized carbons (Fsp3) is 0. The van der Waals surface area contributed by atoms with Gasteiger partial charge >= 0.3 is 81.6 Å². The molecule has 8 heavy (non-hydrogen) atoms. The molecule has 0 aliphatic heterocycles. The quantitative estimate of drug-likeness (QED) is 0.526. The van der Waals surface area contributed by atoms with E-state index in [1.165, 1.54) is 0 Å². The van der Waals surface area contributed by atoms with Gasteiger partial charge in [-0.3, -0.25) is 0 Å². The zero-order valence-electron chi connectivity index (χ0n) is 2.62. The van der Waals surface area contributed by atoms with Crippen molar-refractivity contribution in [1.82, 2.24) is 0 Å². The SMILES string of the molecule is Cl.Cl.O=C(O)O.[CaH2].[CaH2]. The monoisotopic (exact) mass is 218 g/mol. The Kier molecular flexibility index (Phi) is 89.8. The van der Waals surface area contributed by atoms with Gasteiger partial charge in [0.15, 0.2) is 0 Å². The van der Waals surface area contributed by atoms with Crippen molar-refractivity contribution in [3.05, 3.63) is 0 Å². The van der Waals surface area contributed by atoms with Gasteiger partial charge in [-0.1, -0.05) is 0 Å². The zero-order chi connectivity index (χ0) is 3.58. The number of hydrogen-bond acceptors (Lipinski definition) is 1. The maximum atomic E-state index is 8.56. The van der Waals surface area contributed by atoms with E-state index >= 15 is 0 Å². The van der Waals surface area contributed by atoms with Crippen molar-refractivity contribution in [3.63, 3.8) is 0 Å². The van der Waals surface area contributed by atoms with Crippen LogP contribution in [0.3, 0.4) is 0 Å². The molecule has 0 aliphatic carbocycles. The molecule has 0 aliphatic rings. The minimum atomic E-state index is -1.83. The van der Waals surface area contributed by atoms with Crippen molar-refractivity contribution in [2.24, 2.45) is 0 Å². The molecule has 0 bridgehead atoms. The van der Waals surface area contributed by atoms with Crippen LogP contribution in [0.2, 0.25) is 0 Å². The van der Waals surface area contributed by atoms with Gasteiger partial charge in [-0.15, -0.1) is 24.8 Å². The van der Waals surface area contributed by atoms with E-state index in [2.05, 4.69) is 0 Å². The number of carbonyl (C=O) groups is 1. The molecule has 7 heteroatoms. The van der Waals surface area contributed by atoms with Crippen LogP contribution in [-0.2, 0) is 0 Å². The van der Waals surface area contributed by atoms with E-state index in [9.17, 15) is 0 Å². The third kappa shape index (κ3) is 81.0. The molecule has 0 aromatic carbocycles. The summed E-state index contributed by atoms with van der Waals surface area (Å²) < 4.78 is 0. The van der Waals surface area contributed by atoms with Gasteiger partial charge in [0, 0.05) is 0 Å². The van der Waals surface area contributed by atoms with Crippen molar-refractivity contribution in [3.8, 4) is 0 Å². The molecule has 3 nitrogen and oxygen atoms in total. The van der Waals surface area contributed by atoms with Crippen LogP contribution in [0.1, 0.15) is 0 Å². The van der Waals surface area contributed by atoms with Crippen LogP contribution in [0.5, 0.6) is 0 Å². The summed E-state index contributed by atoms with van der Waals surface area (Å²) in [5.41, 5.74) is 0. The summed E-state index contributed by atoms with van der Waals surface area (Å²) in [6, 6.07) is 0. The van der Waals surface area contributed by atoms with Crippen molar-refractivity contribution in [2.75, 3.05) is 0 Å². The summed E-state index contributed by atoms with van der Waals surface area (Å²) in [5.74, 6) is 0. The fourth-order valence-corrected chi connectivity index (χ4v) is 0. The molecule has 0 aromatic rings. The van der Waals surface area contributed by atoms with Crippen molar-refractivity contribution < 1.29 is 15.0 Å². The second-order valence-corrected chi connectivity index (χ2v) is 0.283. The van der Waals surface area contributed by atoms with Crippen LogP contribution in [0.15, 0.2) is 0 Å². The summed E-state index contributed by atoms with van der Waals surface area (Å²) >= 11 is 0. The van der Waals surface area contributed by atoms with Crippen LogP contribution in [0, 0.1) is 0 Å². The molecule has 0 saturated carbocycles. The van der Waals surface area contributed by atoms with E-state index in [0.717, 1.165) is 0 Å². The molecule has 0 unspecified atom stereocenters. The second-order valence-electron chi connectivity index (χ2n) is 0.283. The normalized spacial score (nSPS) is 3.00. The Balaban J connectivity index is -0.00000000750. The van der Waals surface area contributed by atoms with Crippen LogP contribution in [0.25, 0.3) is 0 Å². The molecule has 0 heterocycles. The second kappa shape index (κ2) is 22.8. The first-order valence-corrected chi connectivity index (χ1v) is 0.651. The first-order valence-electron chi connectivity index (χ1n) is 0.651. The Morgan fingerprint density at radius 2 is 1.00 bits per heavy atom. The Bertz CT molecular complexity index is 38.3. The number of halogens is 2. The van der Waals surface area contributed by atoms with Gasteiger partial charge in [-0.05, 0) is 0 Å². The van der Waals surface area contributed by atoms with Crippen molar-refractivity contribution in [1.29, 1.82) is 0 Å². The number of rotatable bonds is 0. The summed E-state index contributed by atoms with van der Waals surface area (Å²) in [7, 11) is 0. The van der Waals surface area contributed by atoms with Gasteiger partial charge in [-0.25, -0.2) is 4.79 Å². The third-order valence-electron chi connectivity index (χ3n) is 0. The molecular weight excluding hydrogens is 211 g/mol. The zero-order valence-corrected chi connectivity index (χ0v) is 4.25. The fourth-order valence-electron chi connectivity index (χ4n) is 0. The summed E-state index contributed by atoms with van der Waals surface area (Å²) in [5, 5.41) is 13.9. The molecular formula is CH8Ca2Cl2O3. The van der Waals surface area contributed by atoms with Gasteiger partial charge < -0.3 is 10.2 Å². The predicted octanol–water partition coefficient (Wildman–Crippen LogP) is -0.766. The Morgan fingerprint density at radius 3 is 1.00 bits per heavy atom. The molecule has 0 atom stereocenters. The molecule has 0 spiro atoms. The van der Waals surface area contributed by atoms with E-state index in [0.29, 0.717) is 0 Å². The first-order chi connectivity index (χ1) is 1.73. The minimum absolute atomic E-state index is 0. The van der Waals surface area contributed by atoms with E-state index in [4.69, 9.17) is 15.0 Å². The Hall–Kier alpha value is 2.37. The van der Waals surface area contributed by atoms with Gasteiger partial charge in [0.2, 0.25) is 0 Å². The summed E-state index contributed by atoms with van der Waals surface area (Å²) in [6.45, 7) is 0. The summed E-state index contributed by atoms with van der Waals surface area (Å²) in [6.07, 6.45) is -1.83. The maximum absolute atomic E-state index is 8.56. The Morgan fingerprint density at radius 1 is 1.00 bits per heavy atom. The summed E-state index contributed by atoms with van der Waals surface area (Å²) in [4.78, 5) is 8.56. The van der Waals surface area contributed by atoms with Gasteiger partial charge in [0.05, 0.1) is 0 Å². The first kappa shape index (κ1) is 31.6. The average molecular weight is 219 g/mol. The van der Waals surface area contributed by atoms with E-state index in [-0.39, 0.29) is 100 Å². The Labute approximate surface area is 119 Å². The third-order valence-corrected chi connectivity index (χ3v) is 0. The standard InChI is InChI=1S/CH2O3.2Ca.2ClH.4H/c2-1(3)4;;;;;;;;/h(H2,2,3,4);;;2*1H;;;;. The molecule has 0 rings (SSSR count). The number of carboxylic acid groups (broad SMARTS) is 2. The molecule has 0 fully saturated rings. The molecule has 0 saturated heterocycles. The molecule has 2 N–H and O–H groups in total. The molecule has 0 radical (unpaired) electrons. The topological polar surface area (TPSA) is 57.5 Å². The number of hydrogen-bond donors (Lipinski definition) is 2. The molecule has 0 aromatic heterocycles. The van der Waals surface area contributed by atoms with Crippen LogP contribution in [0.4, 0.5) is 4.79 Å². The van der Waals surface area contributed by atoms with E-state index < -0.39 is 6.16 Å². The van der Waals surface area contributed by atoms with Crippen LogP contribution >= 0.6 is 24.8 Å². The van der Waals surface area contributed by atoms with Crippen molar-refractivity contribution >= 4 is 106 Å². The predicted molar refractivity (Wildman–Crippen MR) is 42.2 cm³/mol. The van der Waals surface area contributed by atoms with E-state index in [1.807, 2.05) is 0 Å². The molecule has 48 valence electrons. The van der Waals surface area contributed by atoms with Crippen LogP contribution < -0.4 is 0 Å². The van der Waals surface area contributed by atoms with Crippen molar-refractivity contribution in [2.45, 2.75) is 0 Å².